The molecule has 32 heavy (non-hydrogen) atoms. The van der Waals surface area contributed by atoms with E-state index in [4.69, 9.17) is 21.4 Å². The molecule has 2 heterocycles. The molecule has 1 aromatic heterocycles. The van der Waals surface area contributed by atoms with Gasteiger partial charge in [0, 0.05) is 11.5 Å². The fourth-order valence-corrected chi connectivity index (χ4v) is 5.70. The van der Waals surface area contributed by atoms with Gasteiger partial charge in [-0.05, 0) is 68.9 Å². The fourth-order valence-electron chi connectivity index (χ4n) is 5.48. The van der Waals surface area contributed by atoms with Gasteiger partial charge in [-0.25, -0.2) is 9.78 Å². The van der Waals surface area contributed by atoms with Gasteiger partial charge in [-0.1, -0.05) is 24.4 Å². The largest absolute Gasteiger partial charge is 0.461 e. The van der Waals surface area contributed by atoms with E-state index in [9.17, 15) is 10.1 Å². The fraction of sp³-hybridized carbons (Fsp3) is 0.440. The van der Waals surface area contributed by atoms with Crippen LogP contribution >= 0.6 is 11.6 Å². The van der Waals surface area contributed by atoms with Crippen LogP contribution in [-0.4, -0.2) is 29.3 Å². The van der Waals surface area contributed by atoms with E-state index in [0.29, 0.717) is 34.7 Å². The lowest BCUT2D eigenvalue weighted by Crippen LogP contribution is -2.40. The van der Waals surface area contributed by atoms with Crippen molar-refractivity contribution < 1.29 is 9.53 Å². The minimum Gasteiger partial charge on any atom is -0.461 e. The number of carbonyl (C=O) groups excluding carboxylic acids is 1. The topological polar surface area (TPSA) is 78.6 Å². The van der Waals surface area contributed by atoms with E-state index >= 15 is 0 Å². The molecule has 2 atom stereocenters. The lowest BCUT2D eigenvalue weighted by molar-refractivity contribution is 0.0519. The highest BCUT2D eigenvalue weighted by atomic mass is 35.5. The van der Waals surface area contributed by atoms with Crippen molar-refractivity contribution in [1.29, 1.82) is 5.26 Å². The summed E-state index contributed by atoms with van der Waals surface area (Å²) in [7, 11) is 0. The molecule has 1 aromatic carbocycles. The first kappa shape index (κ1) is 21.0. The van der Waals surface area contributed by atoms with E-state index in [1.165, 1.54) is 25.7 Å². The minimum atomic E-state index is -0.386. The Kier molecular flexibility index (Phi) is 5.60. The Labute approximate surface area is 192 Å². The van der Waals surface area contributed by atoms with Gasteiger partial charge in [0.05, 0.1) is 40.3 Å². The molecule has 164 valence electrons. The molecule has 0 spiro atoms. The van der Waals surface area contributed by atoms with Crippen molar-refractivity contribution in [3.05, 3.63) is 57.9 Å². The smallest absolute Gasteiger partial charge is 0.356 e. The molecular weight excluding hydrogens is 424 g/mol. The van der Waals surface area contributed by atoms with Crippen LogP contribution in [0.1, 0.15) is 66.3 Å². The van der Waals surface area contributed by atoms with E-state index < -0.39 is 0 Å². The maximum absolute atomic E-state index is 12.1. The molecule has 5 rings (SSSR count). The van der Waals surface area contributed by atoms with Gasteiger partial charge < -0.3 is 4.74 Å². The standard InChI is InChI=1S/C25H25ClN4O2/c1-2-32-25(31)22-12-9-18-21(28-22)11-10-19-23(18)29-30(24(19)15-5-3-4-6-15)17-8-7-16(14-27)20(26)13-17/h7-9,12-13,15,19,24H,2-6,10-11H2,1H3/t19-,24+/m0/s1. The number of pyridine rings is 1. The van der Waals surface area contributed by atoms with E-state index in [-0.39, 0.29) is 12.0 Å². The maximum atomic E-state index is 12.1. The highest BCUT2D eigenvalue weighted by Crippen LogP contribution is 2.44. The van der Waals surface area contributed by atoms with Gasteiger partial charge in [-0.15, -0.1) is 0 Å². The van der Waals surface area contributed by atoms with Crippen LogP contribution in [0.3, 0.4) is 0 Å². The third kappa shape index (κ3) is 3.55. The van der Waals surface area contributed by atoms with Gasteiger partial charge in [-0.3, -0.25) is 5.01 Å². The van der Waals surface area contributed by atoms with Crippen molar-refractivity contribution in [2.75, 3.05) is 11.6 Å². The normalized spacial score (nSPS) is 22.2. The molecular formula is C25H25ClN4O2. The first-order valence-electron chi connectivity index (χ1n) is 11.4. The monoisotopic (exact) mass is 448 g/mol. The van der Waals surface area contributed by atoms with Gasteiger partial charge in [-0.2, -0.15) is 10.4 Å². The number of aromatic nitrogens is 1. The summed E-state index contributed by atoms with van der Waals surface area (Å²) in [6.45, 7) is 2.12. The van der Waals surface area contributed by atoms with Crippen LogP contribution < -0.4 is 5.01 Å². The Bertz CT molecular complexity index is 1130. The molecule has 7 heteroatoms. The second kappa shape index (κ2) is 8.55. The van der Waals surface area contributed by atoms with Crippen LogP contribution in [0.5, 0.6) is 0 Å². The van der Waals surface area contributed by atoms with Crippen molar-refractivity contribution in [2.45, 2.75) is 51.5 Å². The highest BCUT2D eigenvalue weighted by molar-refractivity contribution is 6.32. The number of nitrogens with zero attached hydrogens (tertiary/aromatic N) is 4. The van der Waals surface area contributed by atoms with Crippen molar-refractivity contribution in [1.82, 2.24) is 4.98 Å². The average Bonchev–Trinajstić information content (AvgIpc) is 3.46. The van der Waals surface area contributed by atoms with Gasteiger partial charge in [0.15, 0.2) is 0 Å². The number of hydrogen-bond acceptors (Lipinski definition) is 6. The SMILES string of the molecule is CCOC(=O)c1ccc2c(n1)CC[C@H]1C2=NN(c2ccc(C#N)c(Cl)c2)[C@@H]1C1CCCC1. The van der Waals surface area contributed by atoms with Crippen molar-refractivity contribution in [2.24, 2.45) is 16.9 Å². The van der Waals surface area contributed by atoms with E-state index in [1.54, 1.807) is 19.1 Å². The summed E-state index contributed by atoms with van der Waals surface area (Å²) in [4.78, 5) is 16.8. The number of nitriles is 1. The summed E-state index contributed by atoms with van der Waals surface area (Å²) in [6, 6.07) is 11.7. The number of hydrazone groups is 1. The Morgan fingerprint density at radius 2 is 2.06 bits per heavy atom. The van der Waals surface area contributed by atoms with Gasteiger partial charge >= 0.3 is 5.97 Å². The number of hydrogen-bond donors (Lipinski definition) is 0. The Balaban J connectivity index is 1.55. The molecule has 3 aliphatic rings. The number of carbonyl (C=O) groups is 1. The summed E-state index contributed by atoms with van der Waals surface area (Å²) in [5, 5.41) is 17.0. The zero-order valence-corrected chi connectivity index (χ0v) is 18.8. The van der Waals surface area contributed by atoms with Gasteiger partial charge in [0.1, 0.15) is 11.8 Å². The predicted molar refractivity (Wildman–Crippen MR) is 123 cm³/mol. The van der Waals surface area contributed by atoms with Crippen LogP contribution in [0, 0.1) is 23.2 Å². The minimum absolute atomic E-state index is 0.273. The van der Waals surface area contributed by atoms with E-state index in [2.05, 4.69) is 16.1 Å². The second-order valence-corrected chi connectivity index (χ2v) is 9.10. The Morgan fingerprint density at radius 3 is 2.78 bits per heavy atom. The number of rotatable bonds is 4. The predicted octanol–water partition coefficient (Wildman–Crippen LogP) is 5.13. The lowest BCUT2D eigenvalue weighted by Gasteiger charge is -2.34. The highest BCUT2D eigenvalue weighted by Gasteiger charge is 2.46. The first-order chi connectivity index (χ1) is 15.6. The number of esters is 1. The third-order valence-electron chi connectivity index (χ3n) is 6.91. The molecule has 1 saturated carbocycles. The molecule has 0 unspecified atom stereocenters. The number of ether oxygens (including phenoxy) is 1. The van der Waals surface area contributed by atoms with Crippen molar-refractivity contribution in [3.63, 3.8) is 0 Å². The number of fused-ring (bicyclic) bond motifs is 3. The molecule has 6 nitrogen and oxygen atoms in total. The third-order valence-corrected chi connectivity index (χ3v) is 7.22. The zero-order valence-electron chi connectivity index (χ0n) is 18.1. The van der Waals surface area contributed by atoms with Crippen molar-refractivity contribution >= 4 is 29.0 Å². The quantitative estimate of drug-likeness (QED) is 0.606. The summed E-state index contributed by atoms with van der Waals surface area (Å²) >= 11 is 6.37. The molecule has 1 aliphatic heterocycles. The average molecular weight is 449 g/mol. The van der Waals surface area contributed by atoms with Crippen LogP contribution in [0.15, 0.2) is 35.4 Å². The molecule has 0 saturated heterocycles. The Morgan fingerprint density at radius 1 is 1.25 bits per heavy atom. The summed E-state index contributed by atoms with van der Waals surface area (Å²) in [5.74, 6) is 0.503. The second-order valence-electron chi connectivity index (χ2n) is 8.70. The van der Waals surface area contributed by atoms with E-state index in [1.807, 2.05) is 18.2 Å². The number of benzene rings is 1. The lowest BCUT2D eigenvalue weighted by atomic mass is 9.76. The van der Waals surface area contributed by atoms with Crippen LogP contribution in [0.4, 0.5) is 5.69 Å². The van der Waals surface area contributed by atoms with Crippen LogP contribution in [-0.2, 0) is 11.2 Å². The number of anilines is 1. The number of aryl methyl sites for hydroxylation is 1. The summed E-state index contributed by atoms with van der Waals surface area (Å²) < 4.78 is 5.12. The Hall–Kier alpha value is -2.91. The van der Waals surface area contributed by atoms with E-state index in [0.717, 1.165) is 35.5 Å². The zero-order chi connectivity index (χ0) is 22.2. The molecule has 0 amide bonds. The van der Waals surface area contributed by atoms with Crippen LogP contribution in [0.25, 0.3) is 0 Å². The molecule has 1 fully saturated rings. The van der Waals surface area contributed by atoms with Crippen LogP contribution in [0.2, 0.25) is 5.02 Å². The summed E-state index contributed by atoms with van der Waals surface area (Å²) in [6.07, 6.45) is 6.69. The molecule has 0 radical (unpaired) electrons. The summed E-state index contributed by atoms with van der Waals surface area (Å²) in [5.41, 5.74) is 4.73. The molecule has 2 aromatic rings. The van der Waals surface area contributed by atoms with Gasteiger partial charge in [0.25, 0.3) is 0 Å². The van der Waals surface area contributed by atoms with Crippen molar-refractivity contribution in [3.8, 4) is 6.07 Å². The van der Waals surface area contributed by atoms with Gasteiger partial charge in [0.2, 0.25) is 0 Å². The number of halogens is 1. The first-order valence-corrected chi connectivity index (χ1v) is 11.7. The maximum Gasteiger partial charge on any atom is 0.356 e. The molecule has 0 N–H and O–H groups in total. The molecule has 0 bridgehead atoms. The molecule has 2 aliphatic carbocycles.